The van der Waals surface area contributed by atoms with Crippen LogP contribution in [0.15, 0.2) is 60.7 Å². The molecule has 0 bridgehead atoms. The van der Waals surface area contributed by atoms with Crippen molar-refractivity contribution in [2.24, 2.45) is 5.92 Å². The Labute approximate surface area is 241 Å². The molecule has 0 atom stereocenters. The maximum Gasteiger partial charge on any atom is 0.268 e. The van der Waals surface area contributed by atoms with Gasteiger partial charge in [-0.3, -0.25) is 14.4 Å². The lowest BCUT2D eigenvalue weighted by atomic mass is 9.93. The predicted octanol–water partition coefficient (Wildman–Crippen LogP) is 4.68. The number of rotatable bonds is 5. The van der Waals surface area contributed by atoms with E-state index in [2.05, 4.69) is 41.8 Å². The summed E-state index contributed by atoms with van der Waals surface area (Å²) in [6.45, 7) is 8.73. The highest BCUT2D eigenvalue weighted by Gasteiger charge is 2.40. The van der Waals surface area contributed by atoms with Crippen molar-refractivity contribution < 1.29 is 19.1 Å². The smallest absolute Gasteiger partial charge is 0.268 e. The lowest BCUT2D eigenvalue weighted by molar-refractivity contribution is -0.136. The molecular weight excluding hydrogens is 516 g/mol. The summed E-state index contributed by atoms with van der Waals surface area (Å²) in [7, 11) is 1.58. The number of anilines is 3. The summed E-state index contributed by atoms with van der Waals surface area (Å²) in [5.74, 6) is 0.239. The van der Waals surface area contributed by atoms with Gasteiger partial charge >= 0.3 is 0 Å². The normalized spacial score (nSPS) is 17.7. The lowest BCUT2D eigenvalue weighted by Crippen LogP contribution is -2.52. The standard InChI is InChI=1S/C33H36N4O4/c1-22-7-12-28(23(2)21-22)35-17-19-36(20-18-35)31(38)24-13-15-34(16-14-24)29-6-4-5-27-30(29)33(40)37(32(27)39)25-8-10-26(41-3)11-9-25/h4-12,21,24H,13-20H2,1-3H3. The van der Waals surface area contributed by atoms with Crippen LogP contribution in [-0.4, -0.2) is 69.0 Å². The van der Waals surface area contributed by atoms with Crippen molar-refractivity contribution in [3.63, 3.8) is 0 Å². The number of piperazine rings is 1. The van der Waals surface area contributed by atoms with E-state index in [1.807, 2.05) is 17.0 Å². The Bertz CT molecular complexity index is 1490. The number of carbonyl (C=O) groups excluding carboxylic acids is 3. The number of benzene rings is 3. The van der Waals surface area contributed by atoms with Crippen molar-refractivity contribution in [2.45, 2.75) is 26.7 Å². The van der Waals surface area contributed by atoms with Crippen LogP contribution in [0.25, 0.3) is 0 Å². The Kier molecular flexibility index (Phi) is 7.15. The van der Waals surface area contributed by atoms with E-state index in [0.717, 1.165) is 44.7 Å². The molecule has 8 nitrogen and oxygen atoms in total. The van der Waals surface area contributed by atoms with Gasteiger partial charge in [-0.1, -0.05) is 23.8 Å². The zero-order chi connectivity index (χ0) is 28.7. The number of amides is 3. The van der Waals surface area contributed by atoms with Crippen molar-refractivity contribution in [3.05, 3.63) is 82.9 Å². The topological polar surface area (TPSA) is 73.4 Å². The molecule has 6 rings (SSSR count). The predicted molar refractivity (Wildman–Crippen MR) is 160 cm³/mol. The van der Waals surface area contributed by atoms with Gasteiger partial charge in [0.05, 0.1) is 29.6 Å². The van der Waals surface area contributed by atoms with Gasteiger partial charge in [0.15, 0.2) is 0 Å². The Morgan fingerprint density at radius 1 is 0.780 bits per heavy atom. The van der Waals surface area contributed by atoms with Crippen molar-refractivity contribution >= 4 is 34.8 Å². The van der Waals surface area contributed by atoms with Crippen molar-refractivity contribution in [3.8, 4) is 5.75 Å². The largest absolute Gasteiger partial charge is 0.497 e. The molecule has 0 spiro atoms. The molecule has 3 aromatic rings. The molecule has 2 saturated heterocycles. The molecule has 3 aromatic carbocycles. The van der Waals surface area contributed by atoms with E-state index in [9.17, 15) is 14.4 Å². The average Bonchev–Trinajstić information content (AvgIpc) is 3.26. The summed E-state index contributed by atoms with van der Waals surface area (Å²) in [5.41, 5.74) is 5.94. The van der Waals surface area contributed by atoms with Crippen LogP contribution < -0.4 is 19.4 Å². The van der Waals surface area contributed by atoms with E-state index in [4.69, 9.17) is 4.74 Å². The zero-order valence-corrected chi connectivity index (χ0v) is 23.9. The fourth-order valence-corrected chi connectivity index (χ4v) is 6.45. The second kappa shape index (κ2) is 10.9. The molecule has 0 aromatic heterocycles. The Balaban J connectivity index is 1.10. The second-order valence-corrected chi connectivity index (χ2v) is 11.2. The molecule has 41 heavy (non-hydrogen) atoms. The minimum absolute atomic E-state index is 0.0243. The Hall–Kier alpha value is -4.33. The van der Waals surface area contributed by atoms with E-state index < -0.39 is 0 Å². The molecular formula is C33H36N4O4. The number of aryl methyl sites for hydroxylation is 2. The number of carbonyl (C=O) groups is 3. The molecule has 0 saturated carbocycles. The summed E-state index contributed by atoms with van der Waals surface area (Å²) in [6, 6.07) is 18.9. The molecule has 3 aliphatic rings. The van der Waals surface area contributed by atoms with Crippen LogP contribution >= 0.6 is 0 Å². The van der Waals surface area contributed by atoms with E-state index in [1.165, 1.54) is 21.7 Å². The maximum absolute atomic E-state index is 13.6. The molecule has 0 unspecified atom stereocenters. The van der Waals surface area contributed by atoms with Crippen LogP contribution in [0.5, 0.6) is 5.75 Å². The quantitative estimate of drug-likeness (QED) is 0.428. The summed E-state index contributed by atoms with van der Waals surface area (Å²) >= 11 is 0. The first-order valence-corrected chi connectivity index (χ1v) is 14.4. The fourth-order valence-electron chi connectivity index (χ4n) is 6.45. The van der Waals surface area contributed by atoms with Crippen LogP contribution in [0.3, 0.4) is 0 Å². The number of piperidine rings is 1. The van der Waals surface area contributed by atoms with E-state index in [0.29, 0.717) is 35.7 Å². The first kappa shape index (κ1) is 26.9. The Morgan fingerprint density at radius 2 is 1.46 bits per heavy atom. The molecule has 8 heteroatoms. The van der Waals surface area contributed by atoms with Gasteiger partial charge in [0.1, 0.15) is 5.75 Å². The second-order valence-electron chi connectivity index (χ2n) is 11.2. The average molecular weight is 553 g/mol. The van der Waals surface area contributed by atoms with E-state index >= 15 is 0 Å². The minimum atomic E-state index is -0.318. The number of fused-ring (bicyclic) bond motifs is 1. The molecule has 0 N–H and O–H groups in total. The first-order chi connectivity index (χ1) is 19.9. The van der Waals surface area contributed by atoms with E-state index in [-0.39, 0.29) is 23.6 Å². The highest BCUT2D eigenvalue weighted by molar-refractivity contribution is 6.36. The van der Waals surface area contributed by atoms with Crippen molar-refractivity contribution in [1.29, 1.82) is 0 Å². The highest BCUT2D eigenvalue weighted by Crippen LogP contribution is 2.37. The van der Waals surface area contributed by atoms with Crippen LogP contribution in [0.1, 0.15) is 44.7 Å². The Morgan fingerprint density at radius 3 is 2.12 bits per heavy atom. The van der Waals surface area contributed by atoms with E-state index in [1.54, 1.807) is 37.4 Å². The van der Waals surface area contributed by atoms with Gasteiger partial charge in [-0.15, -0.1) is 0 Å². The van der Waals surface area contributed by atoms with Gasteiger partial charge in [-0.05, 0) is 74.7 Å². The van der Waals surface area contributed by atoms with Gasteiger partial charge in [-0.2, -0.15) is 0 Å². The number of hydrogen-bond donors (Lipinski definition) is 0. The van der Waals surface area contributed by atoms with Gasteiger partial charge < -0.3 is 19.4 Å². The SMILES string of the molecule is COc1ccc(N2C(=O)c3cccc(N4CCC(C(=O)N5CCN(c6ccc(C)cc6C)CC5)CC4)c3C2=O)cc1. The van der Waals surface area contributed by atoms with Gasteiger partial charge in [0, 0.05) is 50.9 Å². The van der Waals surface area contributed by atoms with Crippen LogP contribution in [0.2, 0.25) is 0 Å². The van der Waals surface area contributed by atoms with Crippen molar-refractivity contribution in [2.75, 3.05) is 61.1 Å². The number of nitrogens with zero attached hydrogens (tertiary/aromatic N) is 4. The highest BCUT2D eigenvalue weighted by atomic mass is 16.5. The van der Waals surface area contributed by atoms with Crippen LogP contribution in [-0.2, 0) is 4.79 Å². The van der Waals surface area contributed by atoms with Gasteiger partial charge in [0.25, 0.3) is 11.8 Å². The number of methoxy groups -OCH3 is 1. The van der Waals surface area contributed by atoms with Gasteiger partial charge in [0.2, 0.25) is 5.91 Å². The summed E-state index contributed by atoms with van der Waals surface area (Å²) in [4.78, 5) is 48.1. The number of hydrogen-bond acceptors (Lipinski definition) is 6. The summed E-state index contributed by atoms with van der Waals surface area (Å²) in [6.07, 6.45) is 1.45. The molecule has 0 radical (unpaired) electrons. The molecule has 2 fully saturated rings. The zero-order valence-electron chi connectivity index (χ0n) is 23.9. The third-order valence-electron chi connectivity index (χ3n) is 8.69. The molecule has 212 valence electrons. The number of ether oxygens (including phenoxy) is 1. The van der Waals surface area contributed by atoms with Crippen LogP contribution in [0.4, 0.5) is 17.1 Å². The summed E-state index contributed by atoms with van der Waals surface area (Å²) < 4.78 is 5.22. The fraction of sp³-hybridized carbons (Fsp3) is 0.364. The van der Waals surface area contributed by atoms with Crippen LogP contribution in [0, 0.1) is 19.8 Å². The third kappa shape index (κ3) is 4.92. The first-order valence-electron chi connectivity index (χ1n) is 14.4. The lowest BCUT2D eigenvalue weighted by Gasteiger charge is -2.40. The molecule has 3 heterocycles. The van der Waals surface area contributed by atoms with Crippen molar-refractivity contribution in [1.82, 2.24) is 4.90 Å². The number of imide groups is 1. The van der Waals surface area contributed by atoms with Gasteiger partial charge in [-0.25, -0.2) is 4.90 Å². The molecule has 3 amide bonds. The monoisotopic (exact) mass is 552 g/mol. The minimum Gasteiger partial charge on any atom is -0.497 e. The molecule has 0 aliphatic carbocycles. The third-order valence-corrected chi connectivity index (χ3v) is 8.69. The molecule has 3 aliphatic heterocycles. The maximum atomic E-state index is 13.6. The summed E-state index contributed by atoms with van der Waals surface area (Å²) in [5, 5.41) is 0.